The largest absolute Gasteiger partial charge is 0.322 e. The van der Waals surface area contributed by atoms with Gasteiger partial charge in [-0.2, -0.15) is 5.26 Å². The molecule has 2 rings (SSSR count). The van der Waals surface area contributed by atoms with Crippen molar-refractivity contribution in [1.82, 2.24) is 0 Å². The lowest BCUT2D eigenvalue weighted by Crippen LogP contribution is -2.11. The summed E-state index contributed by atoms with van der Waals surface area (Å²) in [6.45, 7) is 0. The van der Waals surface area contributed by atoms with Gasteiger partial charge < -0.3 is 5.32 Å². The first-order valence-electron chi connectivity index (χ1n) is 5.37. The highest BCUT2D eigenvalue weighted by atomic mass is 35.5. The Kier molecular flexibility index (Phi) is 3.79. The molecule has 0 heterocycles. The summed E-state index contributed by atoms with van der Waals surface area (Å²) < 4.78 is 13.0. The van der Waals surface area contributed by atoms with E-state index in [1.807, 2.05) is 6.07 Å². The summed E-state index contributed by atoms with van der Waals surface area (Å²) in [7, 11) is 0. The maximum atomic E-state index is 13.0. The molecule has 19 heavy (non-hydrogen) atoms. The number of nitrogens with one attached hydrogen (secondary N) is 1. The molecule has 3 nitrogen and oxygen atoms in total. The number of carbonyl (C=O) groups excluding carboxylic acids is 1. The van der Waals surface area contributed by atoms with E-state index in [2.05, 4.69) is 5.32 Å². The van der Waals surface area contributed by atoms with E-state index in [0.29, 0.717) is 16.8 Å². The lowest BCUT2D eigenvalue weighted by Gasteiger charge is -2.06. The molecule has 1 N–H and O–H groups in total. The lowest BCUT2D eigenvalue weighted by molar-refractivity contribution is 0.102. The number of hydrogen-bond acceptors (Lipinski definition) is 2. The van der Waals surface area contributed by atoms with Crippen LogP contribution in [0, 0.1) is 17.1 Å². The first-order chi connectivity index (χ1) is 9.10. The van der Waals surface area contributed by atoms with Crippen molar-refractivity contribution >= 4 is 23.2 Å². The molecule has 0 saturated carbocycles. The third-order valence-corrected chi connectivity index (χ3v) is 2.74. The molecule has 1 amide bonds. The van der Waals surface area contributed by atoms with E-state index in [4.69, 9.17) is 16.9 Å². The van der Waals surface area contributed by atoms with E-state index in [-0.39, 0.29) is 10.9 Å². The quantitative estimate of drug-likeness (QED) is 0.909. The van der Waals surface area contributed by atoms with Crippen LogP contribution in [0.4, 0.5) is 10.1 Å². The van der Waals surface area contributed by atoms with E-state index in [0.717, 1.165) is 0 Å². The molecule has 0 atom stereocenters. The van der Waals surface area contributed by atoms with Crippen LogP contribution in [0.3, 0.4) is 0 Å². The molecule has 0 saturated heterocycles. The van der Waals surface area contributed by atoms with Gasteiger partial charge in [0.2, 0.25) is 0 Å². The predicted molar refractivity (Wildman–Crippen MR) is 70.5 cm³/mol. The Morgan fingerprint density at radius 1 is 1.21 bits per heavy atom. The zero-order chi connectivity index (χ0) is 13.8. The van der Waals surface area contributed by atoms with Crippen LogP contribution in [-0.4, -0.2) is 5.91 Å². The molecule has 0 aliphatic rings. The van der Waals surface area contributed by atoms with Crippen molar-refractivity contribution < 1.29 is 9.18 Å². The number of nitrogens with zero attached hydrogens (tertiary/aromatic N) is 1. The number of rotatable bonds is 2. The van der Waals surface area contributed by atoms with Crippen LogP contribution in [-0.2, 0) is 0 Å². The fraction of sp³-hybridized carbons (Fsp3) is 0. The third kappa shape index (κ3) is 3.09. The van der Waals surface area contributed by atoms with Gasteiger partial charge in [-0.25, -0.2) is 4.39 Å². The summed E-state index contributed by atoms with van der Waals surface area (Å²) >= 11 is 5.62. The molecule has 94 valence electrons. The monoisotopic (exact) mass is 274 g/mol. The summed E-state index contributed by atoms with van der Waals surface area (Å²) in [6, 6.07) is 12.1. The van der Waals surface area contributed by atoms with Crippen molar-refractivity contribution in [2.45, 2.75) is 0 Å². The van der Waals surface area contributed by atoms with Crippen molar-refractivity contribution in [3.63, 3.8) is 0 Å². The Labute approximate surface area is 114 Å². The smallest absolute Gasteiger partial charge is 0.255 e. The number of amides is 1. The van der Waals surface area contributed by atoms with Crippen LogP contribution in [0.1, 0.15) is 15.9 Å². The van der Waals surface area contributed by atoms with Crippen LogP contribution >= 0.6 is 11.6 Å². The van der Waals surface area contributed by atoms with Crippen LogP contribution in [0.5, 0.6) is 0 Å². The van der Waals surface area contributed by atoms with Gasteiger partial charge in [0.15, 0.2) is 0 Å². The normalized spacial score (nSPS) is 9.74. The van der Waals surface area contributed by atoms with E-state index in [9.17, 15) is 9.18 Å². The second-order valence-electron chi connectivity index (χ2n) is 3.77. The number of anilines is 1. The Hall–Kier alpha value is -2.38. The molecule has 0 aliphatic carbocycles. The Bertz CT molecular complexity index is 662. The highest BCUT2D eigenvalue weighted by molar-refractivity contribution is 6.31. The van der Waals surface area contributed by atoms with Gasteiger partial charge in [-0.1, -0.05) is 11.6 Å². The van der Waals surface area contributed by atoms with Crippen LogP contribution < -0.4 is 5.32 Å². The fourth-order valence-electron chi connectivity index (χ4n) is 1.47. The van der Waals surface area contributed by atoms with Gasteiger partial charge in [-0.05, 0) is 42.5 Å². The predicted octanol–water partition coefficient (Wildman–Crippen LogP) is 3.60. The van der Waals surface area contributed by atoms with E-state index in [1.165, 1.54) is 18.2 Å². The maximum absolute atomic E-state index is 13.0. The van der Waals surface area contributed by atoms with Crippen molar-refractivity contribution in [3.05, 3.63) is 64.4 Å². The van der Waals surface area contributed by atoms with E-state index in [1.54, 1.807) is 24.3 Å². The van der Waals surface area contributed by atoms with Gasteiger partial charge in [0.25, 0.3) is 5.91 Å². The summed E-state index contributed by atoms with van der Waals surface area (Å²) in [6.07, 6.45) is 0. The van der Waals surface area contributed by atoms with Crippen molar-refractivity contribution in [1.29, 1.82) is 5.26 Å². The average molecular weight is 275 g/mol. The number of nitriles is 1. The van der Waals surface area contributed by atoms with Gasteiger partial charge in [0, 0.05) is 11.3 Å². The maximum Gasteiger partial charge on any atom is 0.255 e. The van der Waals surface area contributed by atoms with Crippen molar-refractivity contribution in [2.24, 2.45) is 0 Å². The Morgan fingerprint density at radius 3 is 2.47 bits per heavy atom. The third-order valence-electron chi connectivity index (χ3n) is 2.45. The van der Waals surface area contributed by atoms with Gasteiger partial charge in [-0.15, -0.1) is 0 Å². The summed E-state index contributed by atoms with van der Waals surface area (Å²) in [5.74, 6) is -0.898. The summed E-state index contributed by atoms with van der Waals surface area (Å²) in [5, 5.41) is 11.2. The van der Waals surface area contributed by atoms with Crippen molar-refractivity contribution in [3.8, 4) is 6.07 Å². The number of hydrogen-bond donors (Lipinski definition) is 1. The van der Waals surface area contributed by atoms with Crippen LogP contribution in [0.2, 0.25) is 5.02 Å². The number of benzene rings is 2. The van der Waals surface area contributed by atoms with Gasteiger partial charge in [0.05, 0.1) is 16.7 Å². The minimum absolute atomic E-state index is 0.0578. The highest BCUT2D eigenvalue weighted by Crippen LogP contribution is 2.19. The zero-order valence-corrected chi connectivity index (χ0v) is 10.4. The standard InChI is InChI=1S/C14H8ClFN2O/c15-12-7-11(5-6-13(12)16)18-14(19)10-3-1-9(8-17)2-4-10/h1-7H,(H,18,19). The molecule has 0 unspecified atom stereocenters. The first kappa shape index (κ1) is 13.1. The molecule has 2 aromatic carbocycles. The van der Waals surface area contributed by atoms with Gasteiger partial charge in [0.1, 0.15) is 5.82 Å². The molecule has 5 heteroatoms. The molecular weight excluding hydrogens is 267 g/mol. The number of halogens is 2. The molecule has 0 bridgehead atoms. The fourth-order valence-corrected chi connectivity index (χ4v) is 1.65. The molecule has 2 aromatic rings. The van der Waals surface area contributed by atoms with Gasteiger partial charge in [-0.3, -0.25) is 4.79 Å². The zero-order valence-electron chi connectivity index (χ0n) is 9.65. The molecule has 0 spiro atoms. The first-order valence-corrected chi connectivity index (χ1v) is 5.74. The Morgan fingerprint density at radius 2 is 1.89 bits per heavy atom. The minimum atomic E-state index is -0.543. The highest BCUT2D eigenvalue weighted by Gasteiger charge is 2.07. The van der Waals surface area contributed by atoms with Crippen LogP contribution in [0.15, 0.2) is 42.5 Å². The van der Waals surface area contributed by atoms with Gasteiger partial charge >= 0.3 is 0 Å². The SMILES string of the molecule is N#Cc1ccc(C(=O)Nc2ccc(F)c(Cl)c2)cc1. The van der Waals surface area contributed by atoms with Crippen molar-refractivity contribution in [2.75, 3.05) is 5.32 Å². The van der Waals surface area contributed by atoms with E-state index < -0.39 is 5.82 Å². The average Bonchev–Trinajstić information content (AvgIpc) is 2.43. The topological polar surface area (TPSA) is 52.9 Å². The molecule has 0 aliphatic heterocycles. The second kappa shape index (κ2) is 5.51. The molecular formula is C14H8ClFN2O. The lowest BCUT2D eigenvalue weighted by atomic mass is 10.1. The number of carbonyl (C=O) groups is 1. The second-order valence-corrected chi connectivity index (χ2v) is 4.18. The molecule has 0 radical (unpaired) electrons. The summed E-state index contributed by atoms with van der Waals surface area (Å²) in [5.41, 5.74) is 1.28. The van der Waals surface area contributed by atoms with E-state index >= 15 is 0 Å². The van der Waals surface area contributed by atoms with Crippen LogP contribution in [0.25, 0.3) is 0 Å². The Balaban J connectivity index is 2.16. The molecule has 0 aromatic heterocycles. The minimum Gasteiger partial charge on any atom is -0.322 e. The molecule has 0 fully saturated rings. The summed E-state index contributed by atoms with van der Waals surface area (Å²) in [4.78, 5) is 11.9.